The number of nitrogens with zero attached hydrogens (tertiary/aromatic N) is 7. The van der Waals surface area contributed by atoms with Crippen LogP contribution in [0.3, 0.4) is 0 Å². The first kappa shape index (κ1) is 38.3. The fourth-order valence-electron chi connectivity index (χ4n) is 8.38. The lowest BCUT2D eigenvalue weighted by Crippen LogP contribution is -2.53. The van der Waals surface area contributed by atoms with Gasteiger partial charge in [0.2, 0.25) is 17.7 Å². The number of alkyl halides is 3. The van der Waals surface area contributed by atoms with Gasteiger partial charge in [0.05, 0.1) is 28.4 Å². The Morgan fingerprint density at radius 1 is 1.02 bits per heavy atom. The van der Waals surface area contributed by atoms with Crippen LogP contribution in [0.5, 0.6) is 5.75 Å². The fourth-order valence-corrected chi connectivity index (χ4v) is 8.95. The molecule has 2 unspecified atom stereocenters. The Hall–Kier alpha value is -4.61. The quantitative estimate of drug-likeness (QED) is 0.119. The lowest BCUT2D eigenvalue weighted by atomic mass is 10.00. The van der Waals surface area contributed by atoms with E-state index in [0.717, 1.165) is 64.2 Å². The third-order valence-electron chi connectivity index (χ3n) is 11.3. The van der Waals surface area contributed by atoms with Crippen molar-refractivity contribution in [3.63, 3.8) is 0 Å². The average Bonchev–Trinajstić information content (AvgIpc) is 3.80. The number of carbonyl (C=O) groups excluding carboxylic acids is 3. The number of ether oxygens (including phenoxy) is 1. The maximum atomic E-state index is 13.1. The van der Waals surface area contributed by atoms with Gasteiger partial charge >= 0.3 is 5.57 Å². The van der Waals surface area contributed by atoms with E-state index in [0.29, 0.717) is 48.2 Å². The average molecular weight is 806 g/mol. The topological polar surface area (TPSA) is 142 Å². The van der Waals surface area contributed by atoms with Crippen LogP contribution in [0.2, 0.25) is 0 Å². The van der Waals surface area contributed by atoms with E-state index < -0.39 is 11.5 Å². The van der Waals surface area contributed by atoms with Crippen molar-refractivity contribution in [3.8, 4) is 22.7 Å². The van der Waals surface area contributed by atoms with Gasteiger partial charge in [-0.15, -0.1) is 8.78 Å². The van der Waals surface area contributed by atoms with E-state index in [4.69, 9.17) is 40.0 Å². The molecule has 4 aliphatic heterocycles. The number of nitrogens with two attached hydrogens (primary N) is 1. The minimum absolute atomic E-state index is 0.0871. The molecule has 0 spiro atoms. The summed E-state index contributed by atoms with van der Waals surface area (Å²) in [5.41, 5.74) is 7.59. The maximum absolute atomic E-state index is 13.1. The molecule has 17 heteroatoms. The molecule has 3 N–H and O–H groups in total. The van der Waals surface area contributed by atoms with E-state index in [1.54, 1.807) is 29.1 Å². The number of nitrogens with one attached hydrogen (secondary N) is 1. The minimum atomic E-state index is -3.81. The van der Waals surface area contributed by atoms with Crippen molar-refractivity contribution in [3.05, 3.63) is 89.2 Å². The van der Waals surface area contributed by atoms with Gasteiger partial charge in [-0.3, -0.25) is 34.4 Å². The molecular weight excluding hydrogens is 764 g/mol. The van der Waals surface area contributed by atoms with E-state index in [1.807, 2.05) is 6.07 Å². The van der Waals surface area contributed by atoms with Crippen LogP contribution < -0.4 is 20.7 Å². The lowest BCUT2D eigenvalue weighted by molar-refractivity contribution is -0.137. The standard InChI is InChI=1S/C39H42ClF2N9O4S/c40-39(41,42)55-28-6-4-27(5-7-28)51-15-12-32(46-51)30-20-25(35(43)53)21-44-36(30)49-13-10-26(11-14-49)48-18-16-47(17-19-48)22-24-2-1-3-29-31(24)23-50(38(29)56)33-8-9-34(52)45-37(33)54/h1-7,12,15,20-21,26,33,38,56H,8-11,13-14,16-19,22-23H2,(H2,43,53)(H,45,52,54). The maximum Gasteiger partial charge on any atom is 0.487 e. The summed E-state index contributed by atoms with van der Waals surface area (Å²) in [7, 11) is 0. The molecule has 2 atom stereocenters. The molecule has 2 aromatic heterocycles. The van der Waals surface area contributed by atoms with Gasteiger partial charge < -0.3 is 15.4 Å². The fraction of sp³-hybridized carbons (Fsp3) is 0.410. The highest BCUT2D eigenvalue weighted by Crippen LogP contribution is 2.41. The summed E-state index contributed by atoms with van der Waals surface area (Å²) in [5, 5.41) is 7.03. The van der Waals surface area contributed by atoms with Crippen molar-refractivity contribution in [1.82, 2.24) is 34.8 Å². The molecule has 294 valence electrons. The minimum Gasteiger partial charge on any atom is -0.420 e. The van der Waals surface area contributed by atoms with Gasteiger partial charge in [0.15, 0.2) is 0 Å². The Bertz CT molecular complexity index is 2120. The number of piperazine rings is 1. The Labute approximate surface area is 333 Å². The molecular formula is C39H42ClF2N9O4S. The van der Waals surface area contributed by atoms with Crippen molar-refractivity contribution in [2.24, 2.45) is 5.73 Å². The highest BCUT2D eigenvalue weighted by atomic mass is 35.5. The third-order valence-corrected chi connectivity index (χ3v) is 11.9. The molecule has 2 aromatic carbocycles. The molecule has 0 radical (unpaired) electrons. The number of halogens is 3. The second-order valence-electron chi connectivity index (χ2n) is 14.7. The number of benzene rings is 2. The summed E-state index contributed by atoms with van der Waals surface area (Å²) in [6.45, 7) is 6.85. The molecule has 0 saturated carbocycles. The van der Waals surface area contributed by atoms with Crippen LogP contribution in [-0.2, 0) is 22.7 Å². The molecule has 4 aromatic rings. The largest absolute Gasteiger partial charge is 0.487 e. The Kier molecular flexibility index (Phi) is 10.8. The predicted molar refractivity (Wildman–Crippen MR) is 209 cm³/mol. The Morgan fingerprint density at radius 3 is 2.46 bits per heavy atom. The van der Waals surface area contributed by atoms with Crippen molar-refractivity contribution in [1.29, 1.82) is 0 Å². The molecule has 0 aliphatic carbocycles. The van der Waals surface area contributed by atoms with E-state index in [9.17, 15) is 23.2 Å². The second kappa shape index (κ2) is 15.7. The van der Waals surface area contributed by atoms with Gasteiger partial charge in [-0.25, -0.2) is 9.67 Å². The van der Waals surface area contributed by atoms with Gasteiger partial charge in [0, 0.05) is 94.4 Å². The van der Waals surface area contributed by atoms with Gasteiger partial charge in [-0.1, -0.05) is 18.2 Å². The first-order valence-corrected chi connectivity index (χ1v) is 19.6. The summed E-state index contributed by atoms with van der Waals surface area (Å²) in [6.07, 6.45) is 6.00. The zero-order chi connectivity index (χ0) is 39.1. The number of amides is 3. The Balaban J connectivity index is 0.884. The molecule has 4 aliphatic rings. The van der Waals surface area contributed by atoms with Crippen LogP contribution in [0.4, 0.5) is 14.6 Å². The molecule has 3 amide bonds. The Morgan fingerprint density at radius 2 is 1.77 bits per heavy atom. The van der Waals surface area contributed by atoms with Crippen LogP contribution in [0, 0.1) is 0 Å². The first-order chi connectivity index (χ1) is 26.9. The number of anilines is 1. The van der Waals surface area contributed by atoms with Crippen LogP contribution in [0.1, 0.15) is 58.1 Å². The van der Waals surface area contributed by atoms with E-state index in [-0.39, 0.29) is 34.5 Å². The summed E-state index contributed by atoms with van der Waals surface area (Å²) in [5.74, 6) is -0.414. The number of primary amides is 1. The zero-order valence-corrected chi connectivity index (χ0v) is 32.1. The number of hydrogen-bond donors (Lipinski definition) is 3. The smallest absolute Gasteiger partial charge is 0.420 e. The van der Waals surface area contributed by atoms with Gasteiger partial charge in [0.25, 0.3) is 0 Å². The van der Waals surface area contributed by atoms with Crippen LogP contribution in [0.25, 0.3) is 16.9 Å². The van der Waals surface area contributed by atoms with Gasteiger partial charge in [-0.2, -0.15) is 17.7 Å². The van der Waals surface area contributed by atoms with Crippen LogP contribution >= 0.6 is 24.2 Å². The SMILES string of the molecule is NC(=O)c1cnc(N2CCC(N3CCN(Cc4cccc5c4CN(C4CCC(=O)NC4=O)C5S)CC3)CC2)c(-c2ccn(-c3ccc(OC(F)(F)Cl)cc3)n2)c1. The number of rotatable bonds is 10. The third kappa shape index (κ3) is 8.11. The van der Waals surface area contributed by atoms with Crippen LogP contribution in [-0.4, -0.2) is 104 Å². The molecule has 13 nitrogen and oxygen atoms in total. The number of piperidine rings is 2. The van der Waals surface area contributed by atoms with Crippen molar-refractivity contribution >= 4 is 47.8 Å². The predicted octanol–water partition coefficient (Wildman–Crippen LogP) is 4.54. The van der Waals surface area contributed by atoms with Crippen LogP contribution in [0.15, 0.2) is 67.0 Å². The highest BCUT2D eigenvalue weighted by molar-refractivity contribution is 7.80. The summed E-state index contributed by atoms with van der Waals surface area (Å²) >= 11 is 9.80. The number of carbonyl (C=O) groups is 3. The molecule has 3 saturated heterocycles. The highest BCUT2D eigenvalue weighted by Gasteiger charge is 2.40. The normalized spacial score (nSPS) is 21.6. The van der Waals surface area contributed by atoms with Gasteiger partial charge in [0.1, 0.15) is 11.6 Å². The molecule has 6 heterocycles. The number of pyridine rings is 1. The number of thiol groups is 1. The molecule has 56 heavy (non-hydrogen) atoms. The first-order valence-electron chi connectivity index (χ1n) is 18.7. The summed E-state index contributed by atoms with van der Waals surface area (Å²) in [4.78, 5) is 50.7. The molecule has 0 bridgehead atoms. The number of aromatic nitrogens is 3. The zero-order valence-electron chi connectivity index (χ0n) is 30.5. The lowest BCUT2D eigenvalue weighted by Gasteiger charge is -2.43. The van der Waals surface area contributed by atoms with Crippen molar-refractivity contribution < 1.29 is 27.9 Å². The van der Waals surface area contributed by atoms with E-state index in [1.165, 1.54) is 29.5 Å². The van der Waals surface area contributed by atoms with Gasteiger partial charge in [-0.05, 0) is 72.4 Å². The molecule has 8 rings (SSSR count). The molecule has 3 fully saturated rings. The number of hydrogen-bond acceptors (Lipinski definition) is 11. The second-order valence-corrected chi connectivity index (χ2v) is 15.6. The number of imide groups is 1. The number of fused-ring (bicyclic) bond motifs is 1. The van der Waals surface area contributed by atoms with E-state index >= 15 is 0 Å². The van der Waals surface area contributed by atoms with Crippen molar-refractivity contribution in [2.45, 2.75) is 61.8 Å². The summed E-state index contributed by atoms with van der Waals surface area (Å²) in [6, 6.07) is 15.9. The summed E-state index contributed by atoms with van der Waals surface area (Å²) < 4.78 is 32.2. The van der Waals surface area contributed by atoms with E-state index in [2.05, 4.69) is 47.9 Å². The van der Waals surface area contributed by atoms with Crippen molar-refractivity contribution in [2.75, 3.05) is 44.2 Å². The monoisotopic (exact) mass is 805 g/mol.